The molecule has 0 bridgehead atoms. The van der Waals surface area contributed by atoms with Crippen LogP contribution in [-0.4, -0.2) is 38.3 Å². The fourth-order valence-electron chi connectivity index (χ4n) is 5.09. The number of primary amides is 1. The van der Waals surface area contributed by atoms with Crippen molar-refractivity contribution < 1.29 is 14.3 Å². The number of aromatic nitrogens is 4. The molecule has 0 atom stereocenters. The van der Waals surface area contributed by atoms with Gasteiger partial charge in [-0.15, -0.1) is 0 Å². The van der Waals surface area contributed by atoms with Gasteiger partial charge in [0.1, 0.15) is 11.4 Å². The number of nitrogens with zero attached hydrogens (tertiary/aromatic N) is 3. The van der Waals surface area contributed by atoms with Crippen molar-refractivity contribution in [1.82, 2.24) is 19.3 Å². The van der Waals surface area contributed by atoms with Crippen LogP contribution in [0.4, 0.5) is 5.69 Å². The molecule has 4 aromatic rings. The first-order chi connectivity index (χ1) is 17.4. The van der Waals surface area contributed by atoms with Crippen molar-refractivity contribution >= 4 is 28.5 Å². The van der Waals surface area contributed by atoms with Gasteiger partial charge in [0.25, 0.3) is 5.91 Å². The van der Waals surface area contributed by atoms with Crippen molar-refractivity contribution in [3.8, 4) is 11.4 Å². The number of anilines is 1. The first-order valence-electron chi connectivity index (χ1n) is 11.9. The van der Waals surface area contributed by atoms with Gasteiger partial charge in [-0.1, -0.05) is 12.1 Å². The number of nitrogens with one attached hydrogen (secondary N) is 2. The lowest BCUT2D eigenvalue weighted by molar-refractivity contribution is -0.121. The maximum atomic E-state index is 13.0. The lowest BCUT2D eigenvalue weighted by Crippen LogP contribution is -2.31. The first kappa shape index (κ1) is 23.4. The van der Waals surface area contributed by atoms with E-state index >= 15 is 0 Å². The fraction of sp³-hybridized carbons (Fsp3) is 0.308. The van der Waals surface area contributed by atoms with Crippen molar-refractivity contribution in [1.29, 1.82) is 0 Å². The highest BCUT2D eigenvalue weighted by atomic mass is 16.5. The van der Waals surface area contributed by atoms with Crippen LogP contribution in [0.1, 0.15) is 47.8 Å². The van der Waals surface area contributed by atoms with E-state index in [1.54, 1.807) is 17.7 Å². The lowest BCUT2D eigenvalue weighted by atomic mass is 9.85. The summed E-state index contributed by atoms with van der Waals surface area (Å²) in [6, 6.07) is 12.6. The van der Waals surface area contributed by atoms with E-state index in [9.17, 15) is 14.4 Å². The molecule has 10 nitrogen and oxygen atoms in total. The second-order valence-electron chi connectivity index (χ2n) is 9.14. The number of imidazole rings is 1. The number of hydrogen-bond acceptors (Lipinski definition) is 5. The molecule has 0 aliphatic heterocycles. The average molecular weight is 489 g/mol. The normalized spacial score (nSPS) is 17.7. The zero-order valence-corrected chi connectivity index (χ0v) is 20.2. The minimum Gasteiger partial charge on any atom is -0.496 e. The summed E-state index contributed by atoms with van der Waals surface area (Å²) in [5, 5.41) is 7.22. The van der Waals surface area contributed by atoms with E-state index in [0.29, 0.717) is 42.6 Å². The molecule has 2 aromatic carbocycles. The summed E-state index contributed by atoms with van der Waals surface area (Å²) >= 11 is 0. The van der Waals surface area contributed by atoms with E-state index in [0.717, 1.165) is 16.8 Å². The summed E-state index contributed by atoms with van der Waals surface area (Å²) in [6.45, 7) is 1.95. The molecule has 1 aliphatic rings. The first-order valence-corrected chi connectivity index (χ1v) is 11.9. The summed E-state index contributed by atoms with van der Waals surface area (Å²) in [5.41, 5.74) is 9.07. The Morgan fingerprint density at radius 1 is 1.14 bits per heavy atom. The number of H-pyrrole nitrogens is 1. The monoisotopic (exact) mass is 488 g/mol. The standard InChI is InChI=1S/C26H28N6O4/c1-15-6-9-17(14-22(15)36-2)29-25(34)16-7-10-18(11-8-16)31-19-4-3-5-20(23(19)30-26(31)35)32-21(24(27)33)12-13-28-32/h3-6,9,12-14,16,18H,7-8,10-11H2,1-2H3,(H2,27,33)(H,29,34)(H,30,35). The highest BCUT2D eigenvalue weighted by Crippen LogP contribution is 2.35. The number of para-hydroxylation sites is 1. The number of hydrogen-bond donors (Lipinski definition) is 3. The Bertz CT molecular complexity index is 1510. The van der Waals surface area contributed by atoms with Crippen molar-refractivity contribution in [3.05, 3.63) is 70.4 Å². The summed E-state index contributed by atoms with van der Waals surface area (Å²) in [6.07, 6.45) is 4.22. The Kier molecular flexibility index (Phi) is 6.09. The van der Waals surface area contributed by atoms with Crippen LogP contribution in [0.2, 0.25) is 0 Å². The number of aromatic amines is 1. The summed E-state index contributed by atoms with van der Waals surface area (Å²) in [5.74, 6) is -0.0302. The number of rotatable bonds is 6. The molecule has 1 aliphatic carbocycles. The van der Waals surface area contributed by atoms with Crippen molar-refractivity contribution in [2.45, 2.75) is 38.6 Å². The number of aryl methyl sites for hydroxylation is 1. The molecule has 2 heterocycles. The second kappa shape index (κ2) is 9.37. The minimum absolute atomic E-state index is 0.0226. The Labute approximate surface area is 207 Å². The molecule has 0 radical (unpaired) electrons. The Balaban J connectivity index is 1.34. The van der Waals surface area contributed by atoms with E-state index in [2.05, 4.69) is 15.4 Å². The maximum Gasteiger partial charge on any atom is 0.326 e. The Morgan fingerprint density at radius 3 is 2.64 bits per heavy atom. The molecule has 36 heavy (non-hydrogen) atoms. The number of carbonyl (C=O) groups is 2. The molecule has 186 valence electrons. The maximum absolute atomic E-state index is 13.0. The number of methoxy groups -OCH3 is 1. The van der Waals surface area contributed by atoms with Crippen molar-refractivity contribution in [2.75, 3.05) is 12.4 Å². The van der Waals surface area contributed by atoms with Crippen LogP contribution in [0.25, 0.3) is 16.7 Å². The van der Waals surface area contributed by atoms with Crippen LogP contribution in [0.5, 0.6) is 5.75 Å². The van der Waals surface area contributed by atoms with Crippen LogP contribution >= 0.6 is 0 Å². The Hall–Kier alpha value is -4.34. The number of nitrogens with two attached hydrogens (primary N) is 1. The minimum atomic E-state index is -0.605. The smallest absolute Gasteiger partial charge is 0.326 e. The van der Waals surface area contributed by atoms with Crippen LogP contribution in [0.15, 0.2) is 53.5 Å². The molecule has 10 heteroatoms. The predicted octanol–water partition coefficient (Wildman–Crippen LogP) is 3.30. The van der Waals surface area contributed by atoms with Gasteiger partial charge in [-0.05, 0) is 62.4 Å². The lowest BCUT2D eigenvalue weighted by Gasteiger charge is -2.28. The molecule has 1 fully saturated rings. The second-order valence-corrected chi connectivity index (χ2v) is 9.14. The number of benzene rings is 2. The molecule has 5 rings (SSSR count). The molecule has 1 saturated carbocycles. The van der Waals surface area contributed by atoms with Crippen molar-refractivity contribution in [2.24, 2.45) is 11.7 Å². The Morgan fingerprint density at radius 2 is 1.92 bits per heavy atom. The summed E-state index contributed by atoms with van der Waals surface area (Å²) in [4.78, 5) is 40.7. The fourth-order valence-corrected chi connectivity index (χ4v) is 5.09. The SMILES string of the molecule is COc1cc(NC(=O)C2CCC(n3c(=O)[nH]c4c(-n5nccc5C(N)=O)cccc43)CC2)ccc1C. The number of ether oxygens (including phenoxy) is 1. The molecular formula is C26H28N6O4. The van der Waals surface area contributed by atoms with E-state index in [1.807, 2.05) is 37.3 Å². The number of amides is 2. The van der Waals surface area contributed by atoms with Crippen LogP contribution in [0.3, 0.4) is 0 Å². The van der Waals surface area contributed by atoms with Gasteiger partial charge < -0.3 is 20.8 Å². The molecule has 2 amide bonds. The molecule has 0 spiro atoms. The number of carbonyl (C=O) groups excluding carboxylic acids is 2. The van der Waals surface area contributed by atoms with E-state index in [4.69, 9.17) is 10.5 Å². The molecular weight excluding hydrogens is 460 g/mol. The topological polar surface area (TPSA) is 137 Å². The highest BCUT2D eigenvalue weighted by molar-refractivity contribution is 5.94. The van der Waals surface area contributed by atoms with Gasteiger partial charge in [0.15, 0.2) is 0 Å². The number of fused-ring (bicyclic) bond motifs is 1. The van der Waals surface area contributed by atoms with Gasteiger partial charge in [0, 0.05) is 23.7 Å². The quantitative estimate of drug-likeness (QED) is 0.382. The third-order valence-electron chi connectivity index (χ3n) is 6.96. The van der Waals surface area contributed by atoms with Crippen LogP contribution < -0.4 is 21.5 Å². The van der Waals surface area contributed by atoms with Gasteiger partial charge in [-0.2, -0.15) is 5.10 Å². The van der Waals surface area contributed by atoms with Gasteiger partial charge >= 0.3 is 5.69 Å². The van der Waals surface area contributed by atoms with Gasteiger partial charge in [0.05, 0.1) is 30.0 Å². The van der Waals surface area contributed by atoms with Gasteiger partial charge in [-0.25, -0.2) is 9.48 Å². The molecule has 4 N–H and O–H groups in total. The van der Waals surface area contributed by atoms with Crippen LogP contribution in [-0.2, 0) is 4.79 Å². The van der Waals surface area contributed by atoms with E-state index in [-0.39, 0.29) is 29.3 Å². The zero-order valence-electron chi connectivity index (χ0n) is 20.2. The largest absolute Gasteiger partial charge is 0.496 e. The zero-order chi connectivity index (χ0) is 25.4. The predicted molar refractivity (Wildman–Crippen MR) is 136 cm³/mol. The summed E-state index contributed by atoms with van der Waals surface area (Å²) < 4.78 is 8.54. The molecule has 0 unspecified atom stereocenters. The van der Waals surface area contributed by atoms with E-state index in [1.165, 1.54) is 16.9 Å². The third-order valence-corrected chi connectivity index (χ3v) is 6.96. The third kappa shape index (κ3) is 4.15. The van der Waals surface area contributed by atoms with Gasteiger partial charge in [0.2, 0.25) is 5.91 Å². The average Bonchev–Trinajstić information content (AvgIpc) is 3.49. The highest BCUT2D eigenvalue weighted by Gasteiger charge is 2.29. The van der Waals surface area contributed by atoms with Crippen LogP contribution in [0, 0.1) is 12.8 Å². The molecule has 2 aromatic heterocycles. The molecule has 0 saturated heterocycles. The van der Waals surface area contributed by atoms with E-state index < -0.39 is 5.91 Å². The summed E-state index contributed by atoms with van der Waals surface area (Å²) in [7, 11) is 1.61. The van der Waals surface area contributed by atoms with Gasteiger partial charge in [-0.3, -0.25) is 14.2 Å². The van der Waals surface area contributed by atoms with Crippen molar-refractivity contribution in [3.63, 3.8) is 0 Å².